The smallest absolute Gasteiger partial charge is 0.378 e. The van der Waals surface area contributed by atoms with Crippen molar-refractivity contribution >= 4 is 11.7 Å². The molecule has 1 aromatic carbocycles. The molecule has 1 heterocycles. The number of nitrogens with zero attached hydrogens (tertiary/aromatic N) is 5. The van der Waals surface area contributed by atoms with Crippen LogP contribution in [0.2, 0.25) is 0 Å². The van der Waals surface area contributed by atoms with E-state index >= 15 is 0 Å². The van der Waals surface area contributed by atoms with E-state index in [0.29, 0.717) is 5.56 Å². The summed E-state index contributed by atoms with van der Waals surface area (Å²) in [6.45, 7) is 1.78. The van der Waals surface area contributed by atoms with E-state index in [1.807, 2.05) is 0 Å². The maximum atomic E-state index is 13.5. The van der Waals surface area contributed by atoms with Gasteiger partial charge in [0.15, 0.2) is 0 Å². The Morgan fingerprint density at radius 1 is 1.52 bits per heavy atom. The predicted molar refractivity (Wildman–Crippen MR) is 65.9 cm³/mol. The number of aromatic nitrogens is 4. The fourth-order valence-corrected chi connectivity index (χ4v) is 1.62. The topological polar surface area (TPSA) is 113 Å². The summed E-state index contributed by atoms with van der Waals surface area (Å²) in [6, 6.07) is 3.39. The Kier molecular flexibility index (Phi) is 4.16. The van der Waals surface area contributed by atoms with Gasteiger partial charge in [0, 0.05) is 6.07 Å². The van der Waals surface area contributed by atoms with Crippen molar-refractivity contribution in [2.45, 2.75) is 13.5 Å². The summed E-state index contributed by atoms with van der Waals surface area (Å²) in [5.41, 5.74) is -0.253. The monoisotopic (exact) mass is 295 g/mol. The summed E-state index contributed by atoms with van der Waals surface area (Å²) < 4.78 is 19.4. The molecule has 0 spiro atoms. The van der Waals surface area contributed by atoms with Crippen molar-refractivity contribution in [3.63, 3.8) is 0 Å². The summed E-state index contributed by atoms with van der Waals surface area (Å²) in [6.07, 6.45) is 0. The van der Waals surface area contributed by atoms with Gasteiger partial charge in [0.25, 0.3) is 5.82 Å². The molecule has 110 valence electrons. The van der Waals surface area contributed by atoms with Gasteiger partial charge in [-0.1, -0.05) is 6.07 Å². The Morgan fingerprint density at radius 2 is 2.29 bits per heavy atom. The summed E-state index contributed by atoms with van der Waals surface area (Å²) >= 11 is 0. The lowest BCUT2D eigenvalue weighted by Crippen LogP contribution is -2.15. The predicted octanol–water partition coefficient (Wildman–Crippen LogP) is 0.945. The maximum absolute atomic E-state index is 13.5. The normalized spacial score (nSPS) is 10.4. The zero-order valence-electron chi connectivity index (χ0n) is 10.9. The summed E-state index contributed by atoms with van der Waals surface area (Å²) in [5, 5.41) is 21.0. The number of carbonyl (C=O) groups excluding carboxylic acids is 1. The van der Waals surface area contributed by atoms with Crippen molar-refractivity contribution < 1.29 is 18.8 Å². The van der Waals surface area contributed by atoms with Gasteiger partial charge in [-0.05, 0) is 29.0 Å². The lowest BCUT2D eigenvalue weighted by atomic mass is 10.2. The maximum Gasteiger partial charge on any atom is 0.378 e. The van der Waals surface area contributed by atoms with E-state index in [1.165, 1.54) is 6.07 Å². The second-order valence-electron chi connectivity index (χ2n) is 3.92. The van der Waals surface area contributed by atoms with Gasteiger partial charge < -0.3 is 4.74 Å². The number of esters is 1. The highest BCUT2D eigenvalue weighted by Crippen LogP contribution is 2.18. The first-order valence-electron chi connectivity index (χ1n) is 5.89. The van der Waals surface area contributed by atoms with Crippen molar-refractivity contribution in [3.8, 4) is 0 Å². The summed E-state index contributed by atoms with van der Waals surface area (Å²) in [7, 11) is 0. The Balaban J connectivity index is 2.23. The first-order chi connectivity index (χ1) is 10.0. The molecule has 0 aliphatic carbocycles. The van der Waals surface area contributed by atoms with Gasteiger partial charge in [-0.15, -0.1) is 5.10 Å². The summed E-state index contributed by atoms with van der Waals surface area (Å²) in [5.74, 6) is -1.80. The average molecular weight is 295 g/mol. The number of nitro groups is 1. The van der Waals surface area contributed by atoms with Gasteiger partial charge >= 0.3 is 11.7 Å². The average Bonchev–Trinajstić information content (AvgIpc) is 2.87. The fourth-order valence-electron chi connectivity index (χ4n) is 1.62. The van der Waals surface area contributed by atoms with Crippen LogP contribution in [0, 0.1) is 15.9 Å². The largest absolute Gasteiger partial charge is 0.460 e. The highest BCUT2D eigenvalue weighted by atomic mass is 19.1. The SMILES string of the molecule is CCOC(=O)c1nnnn1Cc1ccc([N+](=O)[O-])c(F)c1. The van der Waals surface area contributed by atoms with Crippen LogP contribution in [-0.4, -0.2) is 37.7 Å². The third-order valence-electron chi connectivity index (χ3n) is 2.53. The number of carbonyl (C=O) groups is 1. The molecule has 2 aromatic rings. The van der Waals surface area contributed by atoms with Gasteiger partial charge in [-0.25, -0.2) is 9.48 Å². The first kappa shape index (κ1) is 14.5. The van der Waals surface area contributed by atoms with E-state index in [9.17, 15) is 19.3 Å². The number of nitro benzene ring substituents is 1. The Bertz CT molecular complexity index is 687. The van der Waals surface area contributed by atoms with Crippen molar-refractivity contribution in [1.29, 1.82) is 0 Å². The van der Waals surface area contributed by atoms with Gasteiger partial charge in [0.2, 0.25) is 5.82 Å². The lowest BCUT2D eigenvalue weighted by molar-refractivity contribution is -0.387. The quantitative estimate of drug-likeness (QED) is 0.458. The minimum absolute atomic E-state index is 0.0178. The van der Waals surface area contributed by atoms with E-state index in [2.05, 4.69) is 15.5 Å². The van der Waals surface area contributed by atoms with Crippen LogP contribution in [0.4, 0.5) is 10.1 Å². The molecule has 0 saturated carbocycles. The third kappa shape index (κ3) is 3.16. The Hall–Kier alpha value is -2.91. The highest BCUT2D eigenvalue weighted by molar-refractivity contribution is 5.85. The number of tetrazole rings is 1. The molecule has 1 aromatic heterocycles. The van der Waals surface area contributed by atoms with E-state index in [0.717, 1.165) is 16.8 Å². The van der Waals surface area contributed by atoms with Gasteiger partial charge in [0.05, 0.1) is 18.1 Å². The molecule has 0 aliphatic rings. The van der Waals surface area contributed by atoms with E-state index in [1.54, 1.807) is 6.92 Å². The molecule has 0 aliphatic heterocycles. The zero-order chi connectivity index (χ0) is 15.4. The molecule has 0 bridgehead atoms. The van der Waals surface area contributed by atoms with Crippen LogP contribution in [0.1, 0.15) is 23.1 Å². The van der Waals surface area contributed by atoms with Crippen LogP contribution < -0.4 is 0 Å². The molecule has 10 heteroatoms. The van der Waals surface area contributed by atoms with E-state index in [4.69, 9.17) is 4.74 Å². The number of rotatable bonds is 5. The molecule has 0 saturated heterocycles. The Morgan fingerprint density at radius 3 is 2.90 bits per heavy atom. The van der Waals surface area contributed by atoms with E-state index < -0.39 is 22.4 Å². The molecule has 0 atom stereocenters. The van der Waals surface area contributed by atoms with Crippen molar-refractivity contribution in [2.24, 2.45) is 0 Å². The number of hydrogen-bond donors (Lipinski definition) is 0. The van der Waals surface area contributed by atoms with Crippen LogP contribution in [0.3, 0.4) is 0 Å². The van der Waals surface area contributed by atoms with Gasteiger partial charge in [0.1, 0.15) is 0 Å². The van der Waals surface area contributed by atoms with Crippen molar-refractivity contribution in [2.75, 3.05) is 6.61 Å². The minimum Gasteiger partial charge on any atom is -0.460 e. The van der Waals surface area contributed by atoms with Crippen LogP contribution >= 0.6 is 0 Å². The molecular formula is C11H10FN5O4. The van der Waals surface area contributed by atoms with Crippen LogP contribution in [0.15, 0.2) is 18.2 Å². The molecule has 0 fully saturated rings. The van der Waals surface area contributed by atoms with Gasteiger partial charge in [-0.2, -0.15) is 4.39 Å². The molecule has 0 N–H and O–H groups in total. The van der Waals surface area contributed by atoms with Crippen molar-refractivity contribution in [1.82, 2.24) is 20.2 Å². The van der Waals surface area contributed by atoms with Crippen LogP contribution in [-0.2, 0) is 11.3 Å². The molecular weight excluding hydrogens is 285 g/mol. The number of halogens is 1. The molecule has 9 nitrogen and oxygen atoms in total. The second kappa shape index (κ2) is 6.03. The lowest BCUT2D eigenvalue weighted by Gasteiger charge is -2.04. The van der Waals surface area contributed by atoms with Crippen LogP contribution in [0.5, 0.6) is 0 Å². The molecule has 2 rings (SSSR count). The van der Waals surface area contributed by atoms with Crippen LogP contribution in [0.25, 0.3) is 0 Å². The first-order valence-corrected chi connectivity index (χ1v) is 5.89. The number of hydrogen-bond acceptors (Lipinski definition) is 7. The molecule has 0 radical (unpaired) electrons. The summed E-state index contributed by atoms with van der Waals surface area (Å²) in [4.78, 5) is 21.3. The molecule has 0 unspecified atom stereocenters. The fraction of sp³-hybridized carbons (Fsp3) is 0.273. The third-order valence-corrected chi connectivity index (χ3v) is 2.53. The number of benzene rings is 1. The second-order valence-corrected chi connectivity index (χ2v) is 3.92. The Labute approximate surface area is 117 Å². The molecule has 21 heavy (non-hydrogen) atoms. The molecule has 0 amide bonds. The van der Waals surface area contributed by atoms with Crippen molar-refractivity contribution in [3.05, 3.63) is 45.5 Å². The highest BCUT2D eigenvalue weighted by Gasteiger charge is 2.18. The van der Waals surface area contributed by atoms with Gasteiger partial charge in [-0.3, -0.25) is 10.1 Å². The standard InChI is InChI=1S/C11H10FN5O4/c1-2-21-11(18)10-13-14-15-16(10)6-7-3-4-9(17(19)20)8(12)5-7/h3-5H,2,6H2,1H3. The number of ether oxygens (including phenoxy) is 1. The zero-order valence-corrected chi connectivity index (χ0v) is 10.9. The van der Waals surface area contributed by atoms with E-state index in [-0.39, 0.29) is 19.0 Å². The minimum atomic E-state index is -0.969.